The van der Waals surface area contributed by atoms with Crippen molar-refractivity contribution in [1.82, 2.24) is 25.4 Å². The molecule has 0 aromatic carbocycles. The molecule has 196 valence electrons. The first kappa shape index (κ1) is 25.2. The molecule has 13 nitrogen and oxygen atoms in total. The number of carboxylic acid groups (broad SMARTS) is 1. The van der Waals surface area contributed by atoms with Crippen LogP contribution < -0.4 is 16.4 Å². The number of anilines is 1. The first-order chi connectivity index (χ1) is 17.8. The van der Waals surface area contributed by atoms with E-state index in [9.17, 15) is 29.5 Å². The Morgan fingerprint density at radius 1 is 1.32 bits per heavy atom. The second-order valence-corrected chi connectivity index (χ2v) is 11.0. The third-order valence-electron chi connectivity index (χ3n) is 6.52. The Hall–Kier alpha value is -3.43. The fraction of sp³-hybridized carbons (Fsp3) is 0.455. The van der Waals surface area contributed by atoms with Crippen LogP contribution >= 0.6 is 23.1 Å². The molecule has 1 saturated carbocycles. The maximum atomic E-state index is 12.9. The molecular formula is C22H25N7O6S2. The lowest BCUT2D eigenvalue weighted by Gasteiger charge is -2.49. The smallest absolute Gasteiger partial charge is 0.352 e. The number of carboxylic acids is 1. The summed E-state index contributed by atoms with van der Waals surface area (Å²) < 4.78 is 0. The predicted molar refractivity (Wildman–Crippen MR) is 135 cm³/mol. The van der Waals surface area contributed by atoms with Crippen LogP contribution in [0.25, 0.3) is 0 Å². The Morgan fingerprint density at radius 3 is 2.76 bits per heavy atom. The van der Waals surface area contributed by atoms with Gasteiger partial charge in [-0.15, -0.1) is 23.1 Å². The predicted octanol–water partition coefficient (Wildman–Crippen LogP) is -0.447. The fourth-order valence-electron chi connectivity index (χ4n) is 4.49. The van der Waals surface area contributed by atoms with Crippen molar-refractivity contribution in [3.05, 3.63) is 34.0 Å². The molecular weight excluding hydrogens is 522 g/mol. The van der Waals surface area contributed by atoms with Gasteiger partial charge in [0.15, 0.2) is 10.8 Å². The number of amides is 3. The van der Waals surface area contributed by atoms with Crippen LogP contribution in [0.15, 0.2) is 33.5 Å². The van der Waals surface area contributed by atoms with Crippen LogP contribution in [-0.4, -0.2) is 97.3 Å². The maximum Gasteiger partial charge on any atom is 0.352 e. The first-order valence-corrected chi connectivity index (χ1v) is 13.6. The van der Waals surface area contributed by atoms with Crippen LogP contribution in [0.5, 0.6) is 0 Å². The highest BCUT2D eigenvalue weighted by Gasteiger charge is 2.54. The fourth-order valence-corrected chi connectivity index (χ4v) is 6.34. The summed E-state index contributed by atoms with van der Waals surface area (Å²) in [5.41, 5.74) is 5.92. The third-order valence-corrected chi connectivity index (χ3v) is 8.50. The van der Waals surface area contributed by atoms with E-state index in [1.807, 2.05) is 0 Å². The Bertz CT molecular complexity index is 1250. The van der Waals surface area contributed by atoms with Gasteiger partial charge in [-0.05, 0) is 30.9 Å². The second-order valence-electron chi connectivity index (χ2n) is 9.00. The zero-order valence-corrected chi connectivity index (χ0v) is 21.2. The topological polar surface area (TPSA) is 191 Å². The normalized spacial score (nSPS) is 25.0. The van der Waals surface area contributed by atoms with Gasteiger partial charge in [0.25, 0.3) is 11.8 Å². The summed E-state index contributed by atoms with van der Waals surface area (Å²) in [6, 6.07) is -0.462. The second kappa shape index (κ2) is 10.1. The molecule has 3 fully saturated rings. The number of hydrogen-bond donors (Lipinski definition) is 5. The Balaban J connectivity index is 1.28. The minimum Gasteiger partial charge on any atom is -0.477 e. The molecule has 4 aliphatic rings. The zero-order valence-electron chi connectivity index (χ0n) is 19.5. The van der Waals surface area contributed by atoms with E-state index >= 15 is 0 Å². The van der Waals surface area contributed by atoms with Gasteiger partial charge in [-0.25, -0.2) is 9.78 Å². The average molecular weight is 548 g/mol. The number of aliphatic carboxylic acids is 1. The first-order valence-electron chi connectivity index (χ1n) is 11.7. The summed E-state index contributed by atoms with van der Waals surface area (Å²) in [5, 5.41) is 29.0. The number of oxime groups is 1. The number of nitrogens with zero attached hydrogens (tertiary/aromatic N) is 4. The van der Waals surface area contributed by atoms with Crippen molar-refractivity contribution in [3.63, 3.8) is 0 Å². The van der Waals surface area contributed by atoms with Crippen LogP contribution in [0.2, 0.25) is 0 Å². The molecule has 37 heavy (non-hydrogen) atoms. The number of thioether (sulfide) groups is 1. The van der Waals surface area contributed by atoms with Crippen LogP contribution in [-0.2, 0) is 19.2 Å². The van der Waals surface area contributed by atoms with Crippen LogP contribution in [0, 0.1) is 0 Å². The molecule has 1 aliphatic carbocycles. The number of carbonyl (C=O) groups excluding carboxylic acids is 3. The van der Waals surface area contributed by atoms with E-state index in [2.05, 4.69) is 20.8 Å². The number of β-lactam (4-membered cyclic amide) rings is 1. The standard InChI is InChI=1S/C22H25N7O6S2/c23-22-25-13(9-37-22)14(27-35)17(30)26-15-19(32)29-16(21(33)34)11(8-36-20(15)29)7-10-3-5-28(18(10)31)6-4-24-12-1-2-12/h7,9,12,15,20,24,35H,1-6,8H2,(H2,23,25)(H,26,30)(H,33,34)/b10-7?,27-14-/t15-,20-/m1/s1. The number of nitrogens with one attached hydrogen (secondary N) is 2. The lowest BCUT2D eigenvalue weighted by molar-refractivity contribution is -0.150. The van der Waals surface area contributed by atoms with Crippen LogP contribution in [0.3, 0.4) is 0 Å². The average Bonchev–Trinajstić information content (AvgIpc) is 3.51. The van der Waals surface area contributed by atoms with Gasteiger partial charge in [-0.3, -0.25) is 19.3 Å². The van der Waals surface area contributed by atoms with Gasteiger partial charge in [0.1, 0.15) is 22.8 Å². The monoisotopic (exact) mass is 547 g/mol. The number of nitrogen functional groups attached to an aromatic ring is 1. The van der Waals surface area contributed by atoms with Crippen molar-refractivity contribution < 1.29 is 29.5 Å². The molecule has 0 bridgehead atoms. The van der Waals surface area contributed by atoms with Gasteiger partial charge in [0.2, 0.25) is 5.91 Å². The minimum absolute atomic E-state index is 0.0565. The minimum atomic E-state index is -1.29. The molecule has 2 atom stereocenters. The molecule has 5 rings (SSSR count). The van der Waals surface area contributed by atoms with Crippen molar-refractivity contribution in [2.45, 2.75) is 36.7 Å². The summed E-state index contributed by atoms with van der Waals surface area (Å²) in [4.78, 5) is 57.4. The molecule has 0 spiro atoms. The third kappa shape index (κ3) is 4.93. The largest absolute Gasteiger partial charge is 0.477 e. The van der Waals surface area contributed by atoms with Crippen LogP contribution in [0.4, 0.5) is 5.13 Å². The number of rotatable bonds is 9. The maximum absolute atomic E-state index is 12.9. The number of fused-ring (bicyclic) bond motifs is 1. The highest BCUT2D eigenvalue weighted by atomic mass is 32.2. The molecule has 6 N–H and O–H groups in total. The van der Waals surface area contributed by atoms with Gasteiger partial charge in [-0.2, -0.15) is 0 Å². The number of nitrogens with two attached hydrogens (primary N) is 1. The molecule has 3 aliphatic heterocycles. The number of hydrogen-bond acceptors (Lipinski definition) is 11. The summed E-state index contributed by atoms with van der Waals surface area (Å²) in [7, 11) is 0. The quantitative estimate of drug-likeness (QED) is 0.0890. The number of allylic oxidation sites excluding steroid dienone is 1. The van der Waals surface area contributed by atoms with Gasteiger partial charge >= 0.3 is 5.97 Å². The Kier molecular flexibility index (Phi) is 6.92. The van der Waals surface area contributed by atoms with Gasteiger partial charge in [-0.1, -0.05) is 5.16 Å². The van der Waals surface area contributed by atoms with Crippen molar-refractivity contribution in [1.29, 1.82) is 0 Å². The molecule has 15 heteroatoms. The summed E-state index contributed by atoms with van der Waals surface area (Å²) in [6.07, 6.45) is 4.43. The van der Waals surface area contributed by atoms with E-state index in [1.165, 1.54) is 30.0 Å². The van der Waals surface area contributed by atoms with Crippen molar-refractivity contribution in [2.24, 2.45) is 5.16 Å². The molecule has 1 aromatic rings. The van der Waals surface area contributed by atoms with Gasteiger partial charge < -0.3 is 31.6 Å². The molecule has 2 saturated heterocycles. The van der Waals surface area contributed by atoms with Crippen molar-refractivity contribution in [2.75, 3.05) is 31.1 Å². The lowest BCUT2D eigenvalue weighted by Crippen LogP contribution is -2.71. The highest BCUT2D eigenvalue weighted by Crippen LogP contribution is 2.41. The van der Waals surface area contributed by atoms with E-state index in [0.717, 1.165) is 22.8 Å². The zero-order chi connectivity index (χ0) is 26.3. The molecule has 3 amide bonds. The lowest BCUT2D eigenvalue weighted by atomic mass is 10.0. The van der Waals surface area contributed by atoms with Gasteiger partial charge in [0, 0.05) is 42.4 Å². The molecule has 4 heterocycles. The summed E-state index contributed by atoms with van der Waals surface area (Å²) in [5.74, 6) is -2.62. The molecule has 0 radical (unpaired) electrons. The van der Waals surface area contributed by atoms with E-state index in [0.29, 0.717) is 36.7 Å². The van der Waals surface area contributed by atoms with E-state index in [-0.39, 0.29) is 28.2 Å². The summed E-state index contributed by atoms with van der Waals surface area (Å²) >= 11 is 2.33. The molecule has 0 unspecified atom stereocenters. The Labute approximate surface area is 219 Å². The van der Waals surface area contributed by atoms with E-state index < -0.39 is 34.9 Å². The van der Waals surface area contributed by atoms with E-state index in [4.69, 9.17) is 5.73 Å². The van der Waals surface area contributed by atoms with Crippen LogP contribution in [0.1, 0.15) is 25.0 Å². The summed E-state index contributed by atoms with van der Waals surface area (Å²) in [6.45, 7) is 1.88. The number of thiazole rings is 1. The number of carbonyl (C=O) groups is 4. The SMILES string of the molecule is Nc1nc(/C(=N/O)C(=O)N[C@@H]2C(=O)N3C(C(=O)O)=C(C=C4CCN(CCNC5CC5)C4=O)CS[C@H]23)cs1. The van der Waals surface area contributed by atoms with Crippen molar-refractivity contribution >= 4 is 57.6 Å². The Morgan fingerprint density at radius 2 is 2.11 bits per heavy atom. The van der Waals surface area contributed by atoms with E-state index in [1.54, 1.807) is 11.0 Å². The van der Waals surface area contributed by atoms with Crippen molar-refractivity contribution in [3.8, 4) is 0 Å². The molecule has 1 aromatic heterocycles. The number of likely N-dealkylation sites (tertiary alicyclic amines) is 1. The highest BCUT2D eigenvalue weighted by molar-refractivity contribution is 8.00. The van der Waals surface area contributed by atoms with Gasteiger partial charge in [0.05, 0.1) is 0 Å². The number of aromatic nitrogens is 1.